The van der Waals surface area contributed by atoms with E-state index < -0.39 is 0 Å². The third kappa shape index (κ3) is 6.51. The molecular formula is C13H26N2O2. The van der Waals surface area contributed by atoms with Gasteiger partial charge in [-0.3, -0.25) is 0 Å². The molecule has 1 aliphatic rings. The first-order chi connectivity index (χ1) is 8.22. The third-order valence-corrected chi connectivity index (χ3v) is 3.32. The van der Waals surface area contributed by atoms with E-state index in [-0.39, 0.29) is 12.1 Å². The molecule has 1 saturated carbocycles. The van der Waals surface area contributed by atoms with Gasteiger partial charge < -0.3 is 15.8 Å². The summed E-state index contributed by atoms with van der Waals surface area (Å²) in [7, 11) is 0. The lowest BCUT2D eigenvalue weighted by Gasteiger charge is -2.26. The number of nitrogens with two attached hydrogens (primary N) is 1. The molecule has 17 heavy (non-hydrogen) atoms. The van der Waals surface area contributed by atoms with Gasteiger partial charge >= 0.3 is 6.09 Å². The maximum absolute atomic E-state index is 11.5. The molecule has 0 saturated heterocycles. The maximum atomic E-state index is 11.5. The van der Waals surface area contributed by atoms with Gasteiger partial charge in [-0.05, 0) is 32.1 Å². The molecule has 0 aliphatic heterocycles. The van der Waals surface area contributed by atoms with Crippen molar-refractivity contribution in [1.29, 1.82) is 0 Å². The molecular weight excluding hydrogens is 216 g/mol. The molecule has 0 aromatic heterocycles. The Balaban J connectivity index is 2.00. The molecule has 1 rings (SSSR count). The summed E-state index contributed by atoms with van der Waals surface area (Å²) >= 11 is 0. The molecule has 3 N–H and O–H groups in total. The van der Waals surface area contributed by atoms with E-state index >= 15 is 0 Å². The van der Waals surface area contributed by atoms with Crippen LogP contribution in [0.1, 0.15) is 58.3 Å². The fourth-order valence-electron chi connectivity index (χ4n) is 2.17. The summed E-state index contributed by atoms with van der Waals surface area (Å²) < 4.78 is 5.14. The second-order valence-electron chi connectivity index (χ2n) is 4.95. The fourth-order valence-corrected chi connectivity index (χ4v) is 2.17. The molecule has 1 aliphatic carbocycles. The Hall–Kier alpha value is -0.770. The van der Waals surface area contributed by atoms with E-state index in [0.717, 1.165) is 38.5 Å². The van der Waals surface area contributed by atoms with E-state index in [0.29, 0.717) is 12.6 Å². The van der Waals surface area contributed by atoms with E-state index in [1.54, 1.807) is 0 Å². The van der Waals surface area contributed by atoms with E-state index in [2.05, 4.69) is 12.2 Å². The zero-order valence-electron chi connectivity index (χ0n) is 10.9. The highest BCUT2D eigenvalue weighted by Gasteiger charge is 2.20. The molecule has 4 heteroatoms. The topological polar surface area (TPSA) is 64.3 Å². The fraction of sp³-hybridized carbons (Fsp3) is 0.923. The van der Waals surface area contributed by atoms with Gasteiger partial charge in [0.15, 0.2) is 0 Å². The molecule has 0 aromatic carbocycles. The zero-order valence-corrected chi connectivity index (χ0v) is 10.9. The predicted octanol–water partition coefficient (Wildman–Crippen LogP) is 2.56. The molecule has 0 spiro atoms. The summed E-state index contributed by atoms with van der Waals surface area (Å²) in [5.74, 6) is 0. The third-order valence-electron chi connectivity index (χ3n) is 3.32. The summed E-state index contributed by atoms with van der Waals surface area (Å²) in [6.07, 6.45) is 8.22. The molecule has 1 fully saturated rings. The van der Waals surface area contributed by atoms with Crippen LogP contribution < -0.4 is 11.1 Å². The second kappa shape index (κ2) is 8.34. The minimum Gasteiger partial charge on any atom is -0.450 e. The van der Waals surface area contributed by atoms with Gasteiger partial charge in [0.1, 0.15) is 0 Å². The van der Waals surface area contributed by atoms with Crippen molar-refractivity contribution in [1.82, 2.24) is 5.32 Å². The Morgan fingerprint density at radius 3 is 2.59 bits per heavy atom. The summed E-state index contributed by atoms with van der Waals surface area (Å²) in [5.41, 5.74) is 5.81. The summed E-state index contributed by atoms with van der Waals surface area (Å²) in [6.45, 7) is 2.71. The van der Waals surface area contributed by atoms with Crippen molar-refractivity contribution in [3.63, 3.8) is 0 Å². The van der Waals surface area contributed by atoms with Crippen LogP contribution in [0.25, 0.3) is 0 Å². The molecule has 0 bridgehead atoms. The Morgan fingerprint density at radius 2 is 1.94 bits per heavy atom. The largest absolute Gasteiger partial charge is 0.450 e. The van der Waals surface area contributed by atoms with Crippen molar-refractivity contribution in [2.75, 3.05) is 6.61 Å². The van der Waals surface area contributed by atoms with Gasteiger partial charge in [0.05, 0.1) is 6.61 Å². The number of carbonyl (C=O) groups excluding carboxylic acids is 1. The zero-order chi connectivity index (χ0) is 12.5. The number of carbonyl (C=O) groups is 1. The monoisotopic (exact) mass is 242 g/mol. The average Bonchev–Trinajstić information content (AvgIpc) is 2.32. The smallest absolute Gasteiger partial charge is 0.407 e. The maximum Gasteiger partial charge on any atom is 0.407 e. The van der Waals surface area contributed by atoms with E-state index in [4.69, 9.17) is 10.5 Å². The molecule has 0 unspecified atom stereocenters. The van der Waals surface area contributed by atoms with Gasteiger partial charge in [-0.15, -0.1) is 0 Å². The van der Waals surface area contributed by atoms with Crippen LogP contribution in [0.2, 0.25) is 0 Å². The lowest BCUT2D eigenvalue weighted by Crippen LogP contribution is -2.40. The Morgan fingerprint density at radius 1 is 1.24 bits per heavy atom. The molecule has 0 radical (unpaired) electrons. The quantitative estimate of drug-likeness (QED) is 0.704. The van der Waals surface area contributed by atoms with E-state index in [1.165, 1.54) is 12.8 Å². The first-order valence-electron chi connectivity index (χ1n) is 6.91. The van der Waals surface area contributed by atoms with Crippen LogP contribution in [0.4, 0.5) is 4.79 Å². The van der Waals surface area contributed by atoms with E-state index in [9.17, 15) is 4.79 Å². The normalized spacial score (nSPS) is 24.4. The summed E-state index contributed by atoms with van der Waals surface area (Å²) in [5, 5.41) is 2.91. The second-order valence-corrected chi connectivity index (χ2v) is 4.95. The Bertz CT molecular complexity index is 213. The standard InChI is InChI=1S/C13H26N2O2/c1-2-3-4-5-10-17-13(16)15-12-8-6-11(14)7-9-12/h11-12H,2-10,14H2,1H3,(H,15,16). The number of alkyl carbamates (subject to hydrolysis) is 1. The number of hydrogen-bond donors (Lipinski definition) is 2. The minimum atomic E-state index is -0.262. The lowest BCUT2D eigenvalue weighted by molar-refractivity contribution is 0.136. The summed E-state index contributed by atoms with van der Waals surface area (Å²) in [6, 6.07) is 0.580. The summed E-state index contributed by atoms with van der Waals surface area (Å²) in [4.78, 5) is 11.5. The number of rotatable bonds is 6. The molecule has 0 heterocycles. The van der Waals surface area contributed by atoms with Crippen molar-refractivity contribution >= 4 is 6.09 Å². The molecule has 4 nitrogen and oxygen atoms in total. The van der Waals surface area contributed by atoms with Crippen LogP contribution in [0.5, 0.6) is 0 Å². The van der Waals surface area contributed by atoms with Crippen LogP contribution in [-0.2, 0) is 4.74 Å². The molecule has 0 aromatic rings. The number of hydrogen-bond acceptors (Lipinski definition) is 3. The first-order valence-corrected chi connectivity index (χ1v) is 6.91. The van der Waals surface area contributed by atoms with Crippen LogP contribution in [0.15, 0.2) is 0 Å². The number of ether oxygens (including phenoxy) is 1. The molecule has 0 atom stereocenters. The highest BCUT2D eigenvalue weighted by molar-refractivity contribution is 5.67. The van der Waals surface area contributed by atoms with Crippen molar-refractivity contribution < 1.29 is 9.53 Å². The van der Waals surface area contributed by atoms with Crippen molar-refractivity contribution in [2.24, 2.45) is 5.73 Å². The lowest BCUT2D eigenvalue weighted by atomic mass is 9.92. The predicted molar refractivity (Wildman–Crippen MR) is 68.9 cm³/mol. The minimum absolute atomic E-state index is 0.262. The van der Waals surface area contributed by atoms with E-state index in [1.807, 2.05) is 0 Å². The van der Waals surface area contributed by atoms with Crippen molar-refractivity contribution in [3.05, 3.63) is 0 Å². The van der Waals surface area contributed by atoms with Crippen LogP contribution in [-0.4, -0.2) is 24.8 Å². The van der Waals surface area contributed by atoms with Crippen molar-refractivity contribution in [3.8, 4) is 0 Å². The Labute approximate surface area is 104 Å². The van der Waals surface area contributed by atoms with Gasteiger partial charge in [0.25, 0.3) is 0 Å². The van der Waals surface area contributed by atoms with Crippen LogP contribution in [0, 0.1) is 0 Å². The number of amides is 1. The van der Waals surface area contributed by atoms with Gasteiger partial charge in [0, 0.05) is 12.1 Å². The first kappa shape index (κ1) is 14.3. The van der Waals surface area contributed by atoms with Gasteiger partial charge in [0.2, 0.25) is 0 Å². The SMILES string of the molecule is CCCCCCOC(=O)NC1CCC(N)CC1. The van der Waals surface area contributed by atoms with Crippen LogP contribution in [0.3, 0.4) is 0 Å². The molecule has 1 amide bonds. The van der Waals surface area contributed by atoms with Gasteiger partial charge in [-0.25, -0.2) is 4.79 Å². The average molecular weight is 242 g/mol. The highest BCUT2D eigenvalue weighted by Crippen LogP contribution is 2.16. The van der Waals surface area contributed by atoms with Crippen LogP contribution >= 0.6 is 0 Å². The number of unbranched alkanes of at least 4 members (excludes halogenated alkanes) is 3. The van der Waals surface area contributed by atoms with Crippen molar-refractivity contribution in [2.45, 2.75) is 70.4 Å². The van der Waals surface area contributed by atoms with Gasteiger partial charge in [-0.2, -0.15) is 0 Å². The Kier molecular flexibility index (Phi) is 7.01. The highest BCUT2D eigenvalue weighted by atomic mass is 16.5. The van der Waals surface area contributed by atoms with Gasteiger partial charge in [-0.1, -0.05) is 26.2 Å². The molecule has 100 valence electrons. The number of nitrogens with one attached hydrogen (secondary N) is 1.